The molecule has 6 nitrogen and oxygen atoms in total. The fourth-order valence-electron chi connectivity index (χ4n) is 2.68. The van der Waals surface area contributed by atoms with Crippen molar-refractivity contribution < 1.29 is 28.6 Å². The number of rotatable bonds is 6. The Bertz CT molecular complexity index is 1110. The number of hydrogen-bond donors (Lipinski definition) is 0. The number of benzene rings is 3. The molecule has 6 heteroatoms. The van der Waals surface area contributed by atoms with Gasteiger partial charge in [0, 0.05) is 12.2 Å². The molecule has 0 radical (unpaired) electrons. The molecule has 0 saturated heterocycles. The highest BCUT2D eigenvalue weighted by Gasteiger charge is 2.10. The van der Waals surface area contributed by atoms with Crippen molar-refractivity contribution >= 4 is 18.1 Å². The molecule has 0 atom stereocenters. The Morgan fingerprint density at radius 2 is 0.903 bits per heavy atom. The zero-order valence-corrected chi connectivity index (χ0v) is 16.4. The van der Waals surface area contributed by atoms with Crippen LogP contribution in [0.3, 0.4) is 0 Å². The van der Waals surface area contributed by atoms with E-state index in [0.29, 0.717) is 5.75 Å². The lowest BCUT2D eigenvalue weighted by atomic mass is 10.0. The molecule has 0 spiro atoms. The van der Waals surface area contributed by atoms with Crippen LogP contribution in [0, 0.1) is 0 Å². The maximum Gasteiger partial charge on any atom is 0.521 e. The van der Waals surface area contributed by atoms with E-state index < -0.39 is 18.1 Å². The second kappa shape index (κ2) is 9.84. The van der Waals surface area contributed by atoms with Crippen LogP contribution in [0.2, 0.25) is 0 Å². The first-order valence-electron chi connectivity index (χ1n) is 9.20. The lowest BCUT2D eigenvalue weighted by Gasteiger charge is -2.07. The van der Waals surface area contributed by atoms with Crippen molar-refractivity contribution in [1.82, 2.24) is 0 Å². The number of carbonyl (C=O) groups excluding carboxylic acids is 3. The van der Waals surface area contributed by atoms with Gasteiger partial charge in [-0.3, -0.25) is 0 Å². The summed E-state index contributed by atoms with van der Waals surface area (Å²) in [7, 11) is 0. The number of carbonyl (C=O) groups is 3. The minimum atomic E-state index is -1.12. The predicted molar refractivity (Wildman–Crippen MR) is 115 cm³/mol. The first kappa shape index (κ1) is 21.3. The van der Waals surface area contributed by atoms with Gasteiger partial charge < -0.3 is 14.2 Å². The van der Waals surface area contributed by atoms with E-state index in [4.69, 9.17) is 9.47 Å². The summed E-state index contributed by atoms with van der Waals surface area (Å²) >= 11 is 0. The van der Waals surface area contributed by atoms with E-state index in [2.05, 4.69) is 17.9 Å². The SMILES string of the molecule is C=CC(=O)OC(=O)Oc1ccc(-c2ccc(-c3ccc(OC(=O)C=C)cc3)cc2)cc1. The summed E-state index contributed by atoms with van der Waals surface area (Å²) in [4.78, 5) is 33.7. The van der Waals surface area contributed by atoms with Gasteiger partial charge >= 0.3 is 18.1 Å². The van der Waals surface area contributed by atoms with E-state index in [-0.39, 0.29) is 5.75 Å². The maximum absolute atomic E-state index is 11.5. The zero-order chi connectivity index (χ0) is 22.2. The van der Waals surface area contributed by atoms with E-state index in [0.717, 1.165) is 34.4 Å². The Morgan fingerprint density at radius 3 is 1.29 bits per heavy atom. The summed E-state index contributed by atoms with van der Waals surface area (Å²) in [6.45, 7) is 6.57. The van der Waals surface area contributed by atoms with Gasteiger partial charge in [0.2, 0.25) is 0 Å². The van der Waals surface area contributed by atoms with Gasteiger partial charge in [-0.2, -0.15) is 0 Å². The molecule has 0 bridgehead atoms. The van der Waals surface area contributed by atoms with Crippen LogP contribution in [0.5, 0.6) is 11.5 Å². The van der Waals surface area contributed by atoms with Crippen LogP contribution in [-0.2, 0) is 14.3 Å². The van der Waals surface area contributed by atoms with E-state index in [1.165, 1.54) is 0 Å². The molecule has 3 aromatic carbocycles. The quantitative estimate of drug-likeness (QED) is 0.178. The van der Waals surface area contributed by atoms with Gasteiger partial charge in [0.1, 0.15) is 11.5 Å². The Hall–Kier alpha value is -4.45. The van der Waals surface area contributed by atoms with Crippen molar-refractivity contribution in [3.8, 4) is 33.8 Å². The minimum absolute atomic E-state index is 0.250. The van der Waals surface area contributed by atoms with Gasteiger partial charge in [0.15, 0.2) is 0 Å². The van der Waals surface area contributed by atoms with Gasteiger partial charge in [-0.1, -0.05) is 61.7 Å². The monoisotopic (exact) mass is 414 g/mol. The topological polar surface area (TPSA) is 78.9 Å². The van der Waals surface area contributed by atoms with Gasteiger partial charge in [-0.15, -0.1) is 0 Å². The average molecular weight is 414 g/mol. The second-order valence-electron chi connectivity index (χ2n) is 6.23. The van der Waals surface area contributed by atoms with Crippen LogP contribution in [0.15, 0.2) is 98.1 Å². The standard InChI is InChI=1S/C25H18O6/c1-3-23(26)29-21-13-9-19(10-14-21)17-5-7-18(8-6-17)20-11-15-22(16-12-20)30-25(28)31-24(27)4-2/h3-16H,1-2H2. The maximum atomic E-state index is 11.5. The van der Waals surface area contributed by atoms with Crippen molar-refractivity contribution in [2.24, 2.45) is 0 Å². The molecule has 3 aromatic rings. The Kier molecular flexibility index (Phi) is 6.75. The van der Waals surface area contributed by atoms with Crippen LogP contribution < -0.4 is 9.47 Å². The van der Waals surface area contributed by atoms with Crippen molar-refractivity contribution in [2.75, 3.05) is 0 Å². The normalized spacial score (nSPS) is 9.94. The Morgan fingerprint density at radius 1 is 0.548 bits per heavy atom. The predicted octanol–water partition coefficient (Wildman–Crippen LogP) is 5.34. The fraction of sp³-hybridized carbons (Fsp3) is 0. The highest BCUT2D eigenvalue weighted by molar-refractivity contribution is 5.90. The van der Waals surface area contributed by atoms with Crippen molar-refractivity contribution in [2.45, 2.75) is 0 Å². The summed E-state index contributed by atoms with van der Waals surface area (Å²) in [6.07, 6.45) is 0.869. The third kappa shape index (κ3) is 5.77. The molecule has 3 rings (SSSR count). The molecular weight excluding hydrogens is 396 g/mol. The highest BCUT2D eigenvalue weighted by atomic mass is 16.7. The van der Waals surface area contributed by atoms with Crippen LogP contribution >= 0.6 is 0 Å². The molecule has 0 aliphatic rings. The third-order valence-corrected chi connectivity index (χ3v) is 4.20. The van der Waals surface area contributed by atoms with Gasteiger partial charge in [-0.25, -0.2) is 14.4 Å². The van der Waals surface area contributed by atoms with Crippen LogP contribution in [0.4, 0.5) is 4.79 Å². The molecule has 0 amide bonds. The molecule has 0 N–H and O–H groups in total. The molecule has 0 fully saturated rings. The van der Waals surface area contributed by atoms with Crippen LogP contribution in [-0.4, -0.2) is 18.1 Å². The summed E-state index contributed by atoms with van der Waals surface area (Å²) in [5.41, 5.74) is 3.86. The van der Waals surface area contributed by atoms with Crippen LogP contribution in [0.25, 0.3) is 22.3 Å². The molecule has 31 heavy (non-hydrogen) atoms. The van der Waals surface area contributed by atoms with E-state index in [1.807, 2.05) is 36.4 Å². The molecule has 0 heterocycles. The smallest absolute Gasteiger partial charge is 0.423 e. The number of esters is 2. The summed E-state index contributed by atoms with van der Waals surface area (Å²) in [5, 5.41) is 0. The van der Waals surface area contributed by atoms with Crippen LogP contribution in [0.1, 0.15) is 0 Å². The first-order valence-corrected chi connectivity index (χ1v) is 9.20. The highest BCUT2D eigenvalue weighted by Crippen LogP contribution is 2.27. The van der Waals surface area contributed by atoms with Gasteiger partial charge in [0.05, 0.1) is 0 Å². The average Bonchev–Trinajstić information content (AvgIpc) is 2.80. The summed E-state index contributed by atoms with van der Waals surface area (Å²) in [6, 6.07) is 21.8. The lowest BCUT2D eigenvalue weighted by molar-refractivity contribution is -0.133. The minimum Gasteiger partial charge on any atom is -0.423 e. The Labute approximate surface area is 179 Å². The molecular formula is C25H18O6. The summed E-state index contributed by atoms with van der Waals surface area (Å²) in [5.74, 6) is -0.686. The third-order valence-electron chi connectivity index (χ3n) is 4.20. The van der Waals surface area contributed by atoms with Crippen molar-refractivity contribution in [1.29, 1.82) is 0 Å². The Balaban J connectivity index is 1.66. The molecule has 0 aromatic heterocycles. The van der Waals surface area contributed by atoms with E-state index in [1.54, 1.807) is 36.4 Å². The van der Waals surface area contributed by atoms with E-state index >= 15 is 0 Å². The fourth-order valence-corrected chi connectivity index (χ4v) is 2.68. The molecule has 0 unspecified atom stereocenters. The number of hydrogen-bond acceptors (Lipinski definition) is 6. The van der Waals surface area contributed by atoms with Gasteiger partial charge in [0.25, 0.3) is 0 Å². The second-order valence-corrected chi connectivity index (χ2v) is 6.23. The summed E-state index contributed by atoms with van der Waals surface area (Å²) < 4.78 is 14.4. The van der Waals surface area contributed by atoms with Crippen molar-refractivity contribution in [3.63, 3.8) is 0 Å². The lowest BCUT2D eigenvalue weighted by Crippen LogP contribution is -2.14. The molecule has 0 aliphatic heterocycles. The van der Waals surface area contributed by atoms with E-state index in [9.17, 15) is 14.4 Å². The molecule has 0 aliphatic carbocycles. The zero-order valence-electron chi connectivity index (χ0n) is 16.4. The van der Waals surface area contributed by atoms with Crippen molar-refractivity contribution in [3.05, 3.63) is 98.1 Å². The largest absolute Gasteiger partial charge is 0.521 e. The number of ether oxygens (including phenoxy) is 3. The first-order chi connectivity index (χ1) is 15.0. The van der Waals surface area contributed by atoms with Gasteiger partial charge in [-0.05, 0) is 46.5 Å². The molecule has 0 saturated carbocycles. The molecule has 154 valence electrons.